The summed E-state index contributed by atoms with van der Waals surface area (Å²) in [5, 5.41) is 0. The summed E-state index contributed by atoms with van der Waals surface area (Å²) < 4.78 is 5.08. The smallest absolute Gasteiger partial charge is 0.101 e. The van der Waals surface area contributed by atoms with E-state index in [1.54, 1.807) is 0 Å². The molecule has 1 heteroatoms. The molecular weight excluding hydrogens is 112 g/mol. The summed E-state index contributed by atoms with van der Waals surface area (Å²) in [5.74, 6) is 1.97. The first-order valence-electron chi connectivity index (χ1n) is 2.82. The molecule has 1 rings (SSSR count). The Morgan fingerprint density at radius 1 is 1.11 bits per heavy atom. The van der Waals surface area contributed by atoms with Gasteiger partial charge in [0.25, 0.3) is 0 Å². The van der Waals surface area contributed by atoms with E-state index in [1.165, 1.54) is 0 Å². The normalized spacial score (nSPS) is 7.78. The molecule has 1 nitrogen and oxygen atoms in total. The maximum atomic E-state index is 5.08. The van der Waals surface area contributed by atoms with E-state index in [-0.39, 0.29) is 0 Å². The van der Waals surface area contributed by atoms with Crippen LogP contribution in [0.1, 0.15) is 11.5 Å². The van der Waals surface area contributed by atoms with Crippen molar-refractivity contribution in [3.8, 4) is 0 Å². The Morgan fingerprint density at radius 2 is 1.44 bits per heavy atom. The zero-order chi connectivity index (χ0) is 7.28. The van der Waals surface area contributed by atoms with Gasteiger partial charge in [0.1, 0.15) is 11.5 Å². The Kier molecular flexibility index (Phi) is 3.52. The van der Waals surface area contributed by atoms with E-state index in [0.29, 0.717) is 0 Å². The highest BCUT2D eigenvalue weighted by Crippen LogP contribution is 2.02. The van der Waals surface area contributed by atoms with Crippen LogP contribution < -0.4 is 0 Å². The molecule has 1 heterocycles. The van der Waals surface area contributed by atoms with Crippen molar-refractivity contribution in [1.82, 2.24) is 0 Å². The summed E-state index contributed by atoms with van der Waals surface area (Å²) in [4.78, 5) is 0. The summed E-state index contributed by atoms with van der Waals surface area (Å²) in [6.07, 6.45) is 0. The first-order valence-corrected chi connectivity index (χ1v) is 2.82. The molecule has 1 aromatic rings. The minimum atomic E-state index is 0.984. The van der Waals surface area contributed by atoms with Gasteiger partial charge < -0.3 is 4.42 Å². The molecule has 0 aliphatic carbocycles. The van der Waals surface area contributed by atoms with Gasteiger partial charge in [0.05, 0.1) is 0 Å². The molecular formula is C8H12O. The molecule has 1 aromatic heterocycles. The minimum Gasteiger partial charge on any atom is -0.467 e. The molecule has 0 bridgehead atoms. The maximum Gasteiger partial charge on any atom is 0.101 e. The highest BCUT2D eigenvalue weighted by molar-refractivity contribution is 5.02. The lowest BCUT2D eigenvalue weighted by molar-refractivity contribution is 0.504. The van der Waals surface area contributed by atoms with Crippen LogP contribution in [0.4, 0.5) is 0 Å². The Balaban J connectivity index is 0.000000291. The van der Waals surface area contributed by atoms with Crippen LogP contribution in [0.25, 0.3) is 0 Å². The number of hydrogen-bond donors (Lipinski definition) is 0. The highest BCUT2D eigenvalue weighted by Gasteiger charge is 1.85. The van der Waals surface area contributed by atoms with E-state index < -0.39 is 0 Å². The average Bonchev–Trinajstić information content (AvgIpc) is 2.20. The number of rotatable bonds is 0. The third-order valence-electron chi connectivity index (χ3n) is 0.875. The average molecular weight is 124 g/mol. The van der Waals surface area contributed by atoms with Gasteiger partial charge >= 0.3 is 0 Å². The van der Waals surface area contributed by atoms with Crippen molar-refractivity contribution in [2.24, 2.45) is 0 Å². The first-order chi connectivity index (χ1) is 4.29. The molecule has 0 aliphatic rings. The lowest BCUT2D eigenvalue weighted by Gasteiger charge is -1.76. The van der Waals surface area contributed by atoms with Gasteiger partial charge in [0.2, 0.25) is 0 Å². The second-order valence-corrected chi connectivity index (χ2v) is 1.66. The van der Waals surface area contributed by atoms with Gasteiger partial charge in [0, 0.05) is 0 Å². The van der Waals surface area contributed by atoms with Crippen LogP contribution in [-0.4, -0.2) is 0 Å². The molecule has 0 amide bonds. The van der Waals surface area contributed by atoms with Gasteiger partial charge in [-0.25, -0.2) is 0 Å². The largest absolute Gasteiger partial charge is 0.467 e. The zero-order valence-electron chi connectivity index (χ0n) is 5.98. The van der Waals surface area contributed by atoms with Crippen molar-refractivity contribution in [2.75, 3.05) is 0 Å². The van der Waals surface area contributed by atoms with Gasteiger partial charge in [-0.2, -0.15) is 0 Å². The minimum absolute atomic E-state index is 0.984. The zero-order valence-corrected chi connectivity index (χ0v) is 5.98. The molecule has 50 valence electrons. The van der Waals surface area contributed by atoms with E-state index in [4.69, 9.17) is 4.42 Å². The third-order valence-corrected chi connectivity index (χ3v) is 0.875. The summed E-state index contributed by atoms with van der Waals surface area (Å²) in [6, 6.07) is 3.91. The molecule has 0 atom stereocenters. The maximum absolute atomic E-state index is 5.08. The van der Waals surface area contributed by atoms with Crippen LogP contribution in [0.3, 0.4) is 0 Å². The summed E-state index contributed by atoms with van der Waals surface area (Å²) in [5.41, 5.74) is 0. The van der Waals surface area contributed by atoms with Gasteiger partial charge in [-0.15, -0.1) is 13.2 Å². The molecule has 0 saturated heterocycles. The molecule has 0 N–H and O–H groups in total. The second-order valence-electron chi connectivity index (χ2n) is 1.66. The summed E-state index contributed by atoms with van der Waals surface area (Å²) in [6.45, 7) is 9.88. The Labute approximate surface area is 56.0 Å². The molecule has 0 radical (unpaired) electrons. The van der Waals surface area contributed by atoms with E-state index >= 15 is 0 Å². The molecule has 9 heavy (non-hydrogen) atoms. The van der Waals surface area contributed by atoms with Gasteiger partial charge in [-0.05, 0) is 26.0 Å². The fraction of sp³-hybridized carbons (Fsp3) is 0.250. The predicted octanol–water partition coefficient (Wildman–Crippen LogP) is 2.70. The Hall–Kier alpha value is -0.980. The van der Waals surface area contributed by atoms with Crippen LogP contribution >= 0.6 is 0 Å². The summed E-state index contributed by atoms with van der Waals surface area (Å²) >= 11 is 0. The molecule has 0 saturated carbocycles. The topological polar surface area (TPSA) is 13.1 Å². The van der Waals surface area contributed by atoms with Crippen molar-refractivity contribution in [3.05, 3.63) is 36.8 Å². The van der Waals surface area contributed by atoms with Crippen LogP contribution in [0.2, 0.25) is 0 Å². The molecule has 0 aromatic carbocycles. The first kappa shape index (κ1) is 8.02. The Morgan fingerprint density at radius 3 is 1.56 bits per heavy atom. The SMILES string of the molecule is C=C.Cc1ccc(C)o1. The van der Waals surface area contributed by atoms with E-state index in [1.807, 2.05) is 26.0 Å². The van der Waals surface area contributed by atoms with Crippen molar-refractivity contribution in [1.29, 1.82) is 0 Å². The monoisotopic (exact) mass is 124 g/mol. The van der Waals surface area contributed by atoms with Crippen molar-refractivity contribution in [2.45, 2.75) is 13.8 Å². The Bertz CT molecular complexity index is 148. The van der Waals surface area contributed by atoms with Crippen LogP contribution in [0.5, 0.6) is 0 Å². The van der Waals surface area contributed by atoms with E-state index in [2.05, 4.69) is 13.2 Å². The summed E-state index contributed by atoms with van der Waals surface area (Å²) in [7, 11) is 0. The molecule has 0 fully saturated rings. The molecule has 0 aliphatic heterocycles. The van der Waals surface area contributed by atoms with Gasteiger partial charge in [-0.1, -0.05) is 0 Å². The van der Waals surface area contributed by atoms with Crippen LogP contribution in [0, 0.1) is 13.8 Å². The second kappa shape index (κ2) is 3.96. The lowest BCUT2D eigenvalue weighted by Crippen LogP contribution is -1.53. The number of furan rings is 1. The molecule has 0 spiro atoms. The standard InChI is InChI=1S/C6H8O.C2H4/c1-5-3-4-6(2)7-5;1-2/h3-4H,1-2H3;1-2H2. The van der Waals surface area contributed by atoms with E-state index in [9.17, 15) is 0 Å². The number of hydrogen-bond acceptors (Lipinski definition) is 1. The molecule has 0 unspecified atom stereocenters. The quantitative estimate of drug-likeness (QED) is 0.484. The van der Waals surface area contributed by atoms with Crippen molar-refractivity contribution < 1.29 is 4.42 Å². The van der Waals surface area contributed by atoms with Crippen molar-refractivity contribution in [3.63, 3.8) is 0 Å². The third kappa shape index (κ3) is 2.75. The fourth-order valence-electron chi connectivity index (χ4n) is 0.557. The highest BCUT2D eigenvalue weighted by atomic mass is 16.3. The fourth-order valence-corrected chi connectivity index (χ4v) is 0.557. The van der Waals surface area contributed by atoms with Gasteiger partial charge in [-0.3, -0.25) is 0 Å². The lowest BCUT2D eigenvalue weighted by atomic mass is 10.5. The van der Waals surface area contributed by atoms with Gasteiger partial charge in [0.15, 0.2) is 0 Å². The van der Waals surface area contributed by atoms with Crippen LogP contribution in [0.15, 0.2) is 29.7 Å². The van der Waals surface area contributed by atoms with Crippen molar-refractivity contribution >= 4 is 0 Å². The predicted molar refractivity (Wildman–Crippen MR) is 39.4 cm³/mol. The van der Waals surface area contributed by atoms with Crippen LogP contribution in [-0.2, 0) is 0 Å². The number of aryl methyl sites for hydroxylation is 2. The van der Waals surface area contributed by atoms with E-state index in [0.717, 1.165) is 11.5 Å².